The first-order valence-corrected chi connectivity index (χ1v) is 11.5. The van der Waals surface area contributed by atoms with Crippen molar-refractivity contribution >= 4 is 37.7 Å². The van der Waals surface area contributed by atoms with Crippen LogP contribution in [0.5, 0.6) is 0 Å². The number of hydrogen-bond donors (Lipinski definition) is 0. The molecular formula is C30H20BrN. The number of hydrogen-bond acceptors (Lipinski definition) is 0. The van der Waals surface area contributed by atoms with E-state index >= 15 is 0 Å². The van der Waals surface area contributed by atoms with Crippen LogP contribution in [0.4, 0.5) is 0 Å². The number of fused-ring (bicyclic) bond motifs is 3. The summed E-state index contributed by atoms with van der Waals surface area (Å²) in [4.78, 5) is 0. The lowest BCUT2D eigenvalue weighted by atomic mass is 9.95. The maximum atomic E-state index is 3.70. The molecule has 0 unspecified atom stereocenters. The maximum Gasteiger partial charge on any atom is 0.0619 e. The molecule has 0 saturated carbocycles. The van der Waals surface area contributed by atoms with Crippen LogP contribution in [-0.2, 0) is 0 Å². The van der Waals surface area contributed by atoms with Gasteiger partial charge in [-0.2, -0.15) is 0 Å². The van der Waals surface area contributed by atoms with Gasteiger partial charge in [0, 0.05) is 26.5 Å². The summed E-state index contributed by atoms with van der Waals surface area (Å²) in [5, 5.41) is 2.50. The van der Waals surface area contributed by atoms with Crippen molar-refractivity contribution in [1.29, 1.82) is 0 Å². The molecule has 1 aromatic heterocycles. The van der Waals surface area contributed by atoms with E-state index in [1.807, 2.05) is 0 Å². The van der Waals surface area contributed by atoms with Crippen LogP contribution < -0.4 is 0 Å². The van der Waals surface area contributed by atoms with Crippen molar-refractivity contribution in [2.24, 2.45) is 0 Å². The van der Waals surface area contributed by atoms with E-state index in [1.165, 1.54) is 49.7 Å². The second-order valence-corrected chi connectivity index (χ2v) is 8.90. The van der Waals surface area contributed by atoms with Crippen molar-refractivity contribution < 1.29 is 0 Å². The summed E-state index contributed by atoms with van der Waals surface area (Å²) in [6.45, 7) is 0. The molecule has 0 spiro atoms. The Morgan fingerprint density at radius 1 is 0.500 bits per heavy atom. The molecule has 0 amide bonds. The highest BCUT2D eigenvalue weighted by molar-refractivity contribution is 9.10. The molecule has 32 heavy (non-hydrogen) atoms. The van der Waals surface area contributed by atoms with Crippen LogP contribution in [0.1, 0.15) is 0 Å². The Balaban J connectivity index is 1.82. The molecule has 1 heterocycles. The van der Waals surface area contributed by atoms with E-state index < -0.39 is 0 Å². The van der Waals surface area contributed by atoms with Gasteiger partial charge < -0.3 is 4.57 Å². The minimum atomic E-state index is 1.09. The van der Waals surface area contributed by atoms with E-state index in [0.29, 0.717) is 0 Å². The molecular weight excluding hydrogens is 454 g/mol. The van der Waals surface area contributed by atoms with E-state index in [-0.39, 0.29) is 0 Å². The third kappa shape index (κ3) is 3.16. The third-order valence-corrected chi connectivity index (χ3v) is 6.52. The van der Waals surface area contributed by atoms with Crippen molar-refractivity contribution in [1.82, 2.24) is 4.57 Å². The molecule has 6 rings (SSSR count). The van der Waals surface area contributed by atoms with Crippen molar-refractivity contribution in [3.05, 3.63) is 126 Å². The zero-order valence-corrected chi connectivity index (χ0v) is 19.0. The summed E-state index contributed by atoms with van der Waals surface area (Å²) in [6.07, 6.45) is 0. The molecule has 1 nitrogen and oxygen atoms in total. The molecule has 5 aromatic carbocycles. The average molecular weight is 474 g/mol. The summed E-state index contributed by atoms with van der Waals surface area (Å²) in [7, 11) is 0. The first kappa shape index (κ1) is 19.1. The highest BCUT2D eigenvalue weighted by Gasteiger charge is 2.18. The van der Waals surface area contributed by atoms with E-state index in [2.05, 4.69) is 142 Å². The Morgan fingerprint density at radius 2 is 1.12 bits per heavy atom. The lowest BCUT2D eigenvalue weighted by molar-refractivity contribution is 1.18. The number of benzene rings is 5. The molecule has 0 saturated heterocycles. The Bertz CT molecular complexity index is 1550. The van der Waals surface area contributed by atoms with E-state index in [9.17, 15) is 0 Å². The fraction of sp³-hybridized carbons (Fsp3) is 0. The van der Waals surface area contributed by atoms with Crippen molar-refractivity contribution in [3.63, 3.8) is 0 Å². The molecule has 0 aliphatic carbocycles. The third-order valence-electron chi connectivity index (χ3n) is 6.03. The van der Waals surface area contributed by atoms with Crippen LogP contribution in [0.15, 0.2) is 126 Å². The summed E-state index contributed by atoms with van der Waals surface area (Å²) < 4.78 is 3.48. The van der Waals surface area contributed by atoms with Gasteiger partial charge in [-0.3, -0.25) is 0 Å². The number of nitrogens with zero attached hydrogens (tertiary/aromatic N) is 1. The van der Waals surface area contributed by atoms with Gasteiger partial charge in [0.2, 0.25) is 0 Å². The summed E-state index contributed by atoms with van der Waals surface area (Å²) >= 11 is 3.70. The minimum absolute atomic E-state index is 1.09. The van der Waals surface area contributed by atoms with Crippen LogP contribution in [0.2, 0.25) is 0 Å². The Hall–Kier alpha value is -3.62. The topological polar surface area (TPSA) is 4.93 Å². The molecule has 0 aliphatic heterocycles. The van der Waals surface area contributed by atoms with Crippen LogP contribution in [0.25, 0.3) is 49.7 Å². The second kappa shape index (κ2) is 7.81. The van der Waals surface area contributed by atoms with Gasteiger partial charge in [-0.05, 0) is 59.2 Å². The fourth-order valence-electron chi connectivity index (χ4n) is 4.60. The predicted molar refractivity (Wildman–Crippen MR) is 139 cm³/mol. The van der Waals surface area contributed by atoms with E-state index in [1.54, 1.807) is 0 Å². The molecule has 0 bridgehead atoms. The van der Waals surface area contributed by atoms with Crippen LogP contribution >= 0.6 is 15.9 Å². The monoisotopic (exact) mass is 473 g/mol. The number of aromatic nitrogens is 1. The van der Waals surface area contributed by atoms with Crippen molar-refractivity contribution in [2.75, 3.05) is 0 Å². The molecule has 0 fully saturated rings. The molecule has 6 aromatic rings. The largest absolute Gasteiger partial charge is 0.309 e. The molecule has 2 heteroatoms. The van der Waals surface area contributed by atoms with Crippen LogP contribution in [0.3, 0.4) is 0 Å². The molecule has 0 radical (unpaired) electrons. The average Bonchev–Trinajstić information content (AvgIpc) is 3.18. The van der Waals surface area contributed by atoms with Gasteiger partial charge in [0.1, 0.15) is 0 Å². The number of rotatable bonds is 3. The molecule has 152 valence electrons. The fourth-order valence-corrected chi connectivity index (χ4v) is 4.96. The highest BCUT2D eigenvalue weighted by atomic mass is 79.9. The number of para-hydroxylation sites is 1. The van der Waals surface area contributed by atoms with Crippen LogP contribution in [0, 0.1) is 0 Å². The van der Waals surface area contributed by atoms with E-state index in [4.69, 9.17) is 0 Å². The van der Waals surface area contributed by atoms with Crippen molar-refractivity contribution in [3.8, 4) is 27.9 Å². The zero-order chi connectivity index (χ0) is 21.5. The summed E-state index contributed by atoms with van der Waals surface area (Å²) in [6, 6.07) is 43.2. The molecule has 0 aliphatic rings. The van der Waals surface area contributed by atoms with Gasteiger partial charge in [-0.1, -0.05) is 94.8 Å². The van der Waals surface area contributed by atoms with E-state index in [0.717, 1.165) is 4.47 Å². The predicted octanol–water partition coefficient (Wildman–Crippen LogP) is 8.88. The van der Waals surface area contributed by atoms with Gasteiger partial charge in [0.05, 0.1) is 11.0 Å². The first-order valence-electron chi connectivity index (χ1n) is 10.7. The Morgan fingerprint density at radius 3 is 1.81 bits per heavy atom. The Kier molecular flexibility index (Phi) is 4.66. The second-order valence-electron chi connectivity index (χ2n) is 7.98. The molecule has 0 atom stereocenters. The zero-order valence-electron chi connectivity index (χ0n) is 17.4. The quantitative estimate of drug-likeness (QED) is 0.241. The molecule has 0 N–H and O–H groups in total. The summed E-state index contributed by atoms with van der Waals surface area (Å²) in [5.41, 5.74) is 8.50. The summed E-state index contributed by atoms with van der Waals surface area (Å²) in [5.74, 6) is 0. The van der Waals surface area contributed by atoms with Crippen LogP contribution in [-0.4, -0.2) is 4.57 Å². The van der Waals surface area contributed by atoms with Gasteiger partial charge in [0.25, 0.3) is 0 Å². The first-order chi connectivity index (χ1) is 15.8. The minimum Gasteiger partial charge on any atom is -0.309 e. The van der Waals surface area contributed by atoms with Gasteiger partial charge >= 0.3 is 0 Å². The number of halogens is 1. The maximum absolute atomic E-state index is 3.70. The van der Waals surface area contributed by atoms with Gasteiger partial charge in [-0.15, -0.1) is 0 Å². The standard InChI is InChI=1S/C30H20BrN/c31-24-16-17-29-27(20-24)28-19-23(21-10-4-1-5-11-21)18-26(22-12-6-2-7-13-22)30(28)32(29)25-14-8-3-9-15-25/h1-20H. The SMILES string of the molecule is Brc1ccc2c(c1)c1cc(-c3ccccc3)cc(-c3ccccc3)c1n2-c1ccccc1. The lowest BCUT2D eigenvalue weighted by Gasteiger charge is -2.13. The van der Waals surface area contributed by atoms with Gasteiger partial charge in [0.15, 0.2) is 0 Å². The van der Waals surface area contributed by atoms with Gasteiger partial charge in [-0.25, -0.2) is 0 Å². The smallest absolute Gasteiger partial charge is 0.0619 e. The normalized spacial score (nSPS) is 11.3. The van der Waals surface area contributed by atoms with Crippen molar-refractivity contribution in [2.45, 2.75) is 0 Å². The highest BCUT2D eigenvalue weighted by Crippen LogP contribution is 2.41. The Labute approximate surface area is 195 Å². The lowest BCUT2D eigenvalue weighted by Crippen LogP contribution is -1.95.